The van der Waals surface area contributed by atoms with Gasteiger partial charge in [-0.3, -0.25) is 0 Å². The highest BCUT2D eigenvalue weighted by atomic mass is 19.1. The number of halogens is 1. The zero-order valence-corrected chi connectivity index (χ0v) is 10.3. The normalized spacial score (nSPS) is 19.2. The Morgan fingerprint density at radius 3 is 2.53 bits per heavy atom. The highest BCUT2D eigenvalue weighted by molar-refractivity contribution is 5.17. The topological polar surface area (TPSA) is 21.3 Å². The Morgan fingerprint density at radius 1 is 1.29 bits per heavy atom. The van der Waals surface area contributed by atoms with Crippen molar-refractivity contribution in [2.75, 3.05) is 20.3 Å². The van der Waals surface area contributed by atoms with Gasteiger partial charge >= 0.3 is 0 Å². The highest BCUT2D eigenvalue weighted by Gasteiger charge is 2.22. The molecule has 2 rings (SSSR count). The average Bonchev–Trinajstić information content (AvgIpc) is 2.39. The van der Waals surface area contributed by atoms with E-state index in [1.54, 1.807) is 0 Å². The van der Waals surface area contributed by atoms with Gasteiger partial charge in [0.05, 0.1) is 0 Å². The molecule has 1 unspecified atom stereocenters. The molecule has 1 atom stereocenters. The second kappa shape index (κ2) is 6.12. The van der Waals surface area contributed by atoms with Crippen LogP contribution in [-0.2, 0) is 11.2 Å². The minimum absolute atomic E-state index is 0.166. The Bertz CT molecular complexity index is 333. The van der Waals surface area contributed by atoms with Gasteiger partial charge in [-0.1, -0.05) is 12.1 Å². The Morgan fingerprint density at radius 2 is 1.94 bits per heavy atom. The molecule has 94 valence electrons. The number of likely N-dealkylation sites (N-methyl/N-ethyl adjacent to an activating group) is 1. The van der Waals surface area contributed by atoms with Gasteiger partial charge in [-0.05, 0) is 49.9 Å². The summed E-state index contributed by atoms with van der Waals surface area (Å²) in [4.78, 5) is 0. The first kappa shape index (κ1) is 12.5. The second-order valence-electron chi connectivity index (χ2n) is 4.68. The first-order valence-electron chi connectivity index (χ1n) is 6.29. The van der Waals surface area contributed by atoms with E-state index in [9.17, 15) is 4.39 Å². The van der Waals surface area contributed by atoms with Gasteiger partial charge in [-0.25, -0.2) is 4.39 Å². The summed E-state index contributed by atoms with van der Waals surface area (Å²) in [5.74, 6) is 0.500. The molecule has 0 spiro atoms. The molecule has 0 aliphatic carbocycles. The molecule has 0 amide bonds. The van der Waals surface area contributed by atoms with E-state index in [4.69, 9.17) is 4.74 Å². The lowest BCUT2D eigenvalue weighted by atomic mass is 9.88. The van der Waals surface area contributed by atoms with Crippen LogP contribution in [0.2, 0.25) is 0 Å². The minimum Gasteiger partial charge on any atom is -0.381 e. The van der Waals surface area contributed by atoms with E-state index < -0.39 is 0 Å². The molecule has 17 heavy (non-hydrogen) atoms. The van der Waals surface area contributed by atoms with Gasteiger partial charge in [0.2, 0.25) is 0 Å². The third-order valence-corrected chi connectivity index (χ3v) is 3.57. The molecule has 0 bridgehead atoms. The molecule has 1 aliphatic heterocycles. The number of ether oxygens (including phenoxy) is 1. The van der Waals surface area contributed by atoms with Crippen LogP contribution in [0.25, 0.3) is 0 Å². The summed E-state index contributed by atoms with van der Waals surface area (Å²) in [5.41, 5.74) is 1.19. The summed E-state index contributed by atoms with van der Waals surface area (Å²) in [7, 11) is 2.00. The molecule has 3 heteroatoms. The molecule has 2 nitrogen and oxygen atoms in total. The molecule has 0 aromatic heterocycles. The molecule has 0 saturated carbocycles. The Balaban J connectivity index is 1.96. The summed E-state index contributed by atoms with van der Waals surface area (Å²) in [5, 5.41) is 3.39. The standard InChI is InChI=1S/C14H20FNO/c1-16-14(12-6-8-17-9-7-12)10-11-2-4-13(15)5-3-11/h2-5,12,14,16H,6-10H2,1H3. The van der Waals surface area contributed by atoms with Gasteiger partial charge < -0.3 is 10.1 Å². The maximum Gasteiger partial charge on any atom is 0.123 e. The summed E-state index contributed by atoms with van der Waals surface area (Å²) < 4.78 is 18.2. The second-order valence-corrected chi connectivity index (χ2v) is 4.68. The van der Waals surface area contributed by atoms with E-state index in [0.29, 0.717) is 12.0 Å². The quantitative estimate of drug-likeness (QED) is 0.868. The van der Waals surface area contributed by atoms with Gasteiger partial charge in [-0.15, -0.1) is 0 Å². The van der Waals surface area contributed by atoms with Crippen LogP contribution < -0.4 is 5.32 Å². The van der Waals surface area contributed by atoms with E-state index in [1.807, 2.05) is 19.2 Å². The molecule has 1 aromatic carbocycles. The van der Waals surface area contributed by atoms with Crippen LogP contribution in [0.3, 0.4) is 0 Å². The van der Waals surface area contributed by atoms with Crippen molar-refractivity contribution in [3.8, 4) is 0 Å². The maximum absolute atomic E-state index is 12.8. The fourth-order valence-electron chi connectivity index (χ4n) is 2.50. The van der Waals surface area contributed by atoms with E-state index in [0.717, 1.165) is 32.5 Å². The Labute approximate surface area is 102 Å². The number of hydrogen-bond donors (Lipinski definition) is 1. The van der Waals surface area contributed by atoms with E-state index in [2.05, 4.69) is 5.32 Å². The third kappa shape index (κ3) is 3.51. The summed E-state index contributed by atoms with van der Waals surface area (Å²) in [6.45, 7) is 1.73. The lowest BCUT2D eigenvalue weighted by Gasteiger charge is -2.30. The van der Waals surface area contributed by atoms with Crippen molar-refractivity contribution < 1.29 is 9.13 Å². The van der Waals surface area contributed by atoms with E-state index in [-0.39, 0.29) is 5.82 Å². The van der Waals surface area contributed by atoms with Crippen molar-refractivity contribution in [3.63, 3.8) is 0 Å². The van der Waals surface area contributed by atoms with E-state index >= 15 is 0 Å². The summed E-state index contributed by atoms with van der Waals surface area (Å²) >= 11 is 0. The first-order chi connectivity index (χ1) is 8.29. The van der Waals surface area contributed by atoms with Crippen molar-refractivity contribution in [1.82, 2.24) is 5.32 Å². The third-order valence-electron chi connectivity index (χ3n) is 3.57. The van der Waals surface area contributed by atoms with Crippen LogP contribution in [0.1, 0.15) is 18.4 Å². The molecule has 1 heterocycles. The van der Waals surface area contributed by atoms with Crippen LogP contribution in [0.4, 0.5) is 4.39 Å². The van der Waals surface area contributed by atoms with Gasteiger partial charge in [0.15, 0.2) is 0 Å². The maximum atomic E-state index is 12.8. The minimum atomic E-state index is -0.166. The Kier molecular flexibility index (Phi) is 4.51. The fraction of sp³-hybridized carbons (Fsp3) is 0.571. The van der Waals surface area contributed by atoms with Crippen molar-refractivity contribution in [1.29, 1.82) is 0 Å². The van der Waals surface area contributed by atoms with Crippen LogP contribution in [-0.4, -0.2) is 26.3 Å². The Hall–Kier alpha value is -0.930. The molecule has 0 radical (unpaired) electrons. The van der Waals surface area contributed by atoms with Crippen molar-refractivity contribution in [2.45, 2.75) is 25.3 Å². The highest BCUT2D eigenvalue weighted by Crippen LogP contribution is 2.21. The molecular weight excluding hydrogens is 217 g/mol. The summed E-state index contributed by atoms with van der Waals surface area (Å²) in [6.07, 6.45) is 3.20. The largest absolute Gasteiger partial charge is 0.381 e. The molecule has 1 fully saturated rings. The first-order valence-corrected chi connectivity index (χ1v) is 6.29. The van der Waals surface area contributed by atoms with E-state index in [1.165, 1.54) is 17.7 Å². The van der Waals surface area contributed by atoms with Gasteiger partial charge in [0, 0.05) is 19.3 Å². The molecule has 1 N–H and O–H groups in total. The van der Waals surface area contributed by atoms with Crippen LogP contribution in [0, 0.1) is 11.7 Å². The fourth-order valence-corrected chi connectivity index (χ4v) is 2.50. The molecular formula is C14H20FNO. The number of nitrogens with one attached hydrogen (secondary N) is 1. The van der Waals surface area contributed by atoms with Gasteiger partial charge in [0.1, 0.15) is 5.82 Å². The monoisotopic (exact) mass is 237 g/mol. The zero-order chi connectivity index (χ0) is 12.1. The summed E-state index contributed by atoms with van der Waals surface area (Å²) in [6, 6.07) is 7.28. The molecule has 1 aromatic rings. The SMILES string of the molecule is CNC(Cc1ccc(F)cc1)C1CCOCC1. The zero-order valence-electron chi connectivity index (χ0n) is 10.3. The molecule has 1 saturated heterocycles. The van der Waals surface area contributed by atoms with Gasteiger partial charge in [0.25, 0.3) is 0 Å². The van der Waals surface area contributed by atoms with Crippen LogP contribution in [0.15, 0.2) is 24.3 Å². The predicted octanol–water partition coefficient (Wildman–Crippen LogP) is 2.38. The van der Waals surface area contributed by atoms with Crippen LogP contribution in [0.5, 0.6) is 0 Å². The molecule has 1 aliphatic rings. The lowest BCUT2D eigenvalue weighted by molar-refractivity contribution is 0.0547. The van der Waals surface area contributed by atoms with Crippen molar-refractivity contribution in [2.24, 2.45) is 5.92 Å². The lowest BCUT2D eigenvalue weighted by Crippen LogP contribution is -2.38. The van der Waals surface area contributed by atoms with Crippen molar-refractivity contribution in [3.05, 3.63) is 35.6 Å². The predicted molar refractivity (Wildman–Crippen MR) is 66.5 cm³/mol. The smallest absolute Gasteiger partial charge is 0.123 e. The van der Waals surface area contributed by atoms with Crippen molar-refractivity contribution >= 4 is 0 Å². The average molecular weight is 237 g/mol. The number of rotatable bonds is 4. The van der Waals surface area contributed by atoms with Crippen LogP contribution >= 0.6 is 0 Å². The number of hydrogen-bond acceptors (Lipinski definition) is 2. The number of benzene rings is 1. The van der Waals surface area contributed by atoms with Gasteiger partial charge in [-0.2, -0.15) is 0 Å².